The lowest BCUT2D eigenvalue weighted by Gasteiger charge is -2.18. The molecule has 0 bridgehead atoms. The topological polar surface area (TPSA) is 45.2 Å². The third-order valence-electron chi connectivity index (χ3n) is 2.81. The van der Waals surface area contributed by atoms with Crippen molar-refractivity contribution in [3.63, 3.8) is 0 Å². The molecule has 2 aromatic rings. The Morgan fingerprint density at radius 1 is 1.50 bits per heavy atom. The highest BCUT2D eigenvalue weighted by Crippen LogP contribution is 2.22. The highest BCUT2D eigenvalue weighted by molar-refractivity contribution is 7.07. The number of thiazole rings is 1. The van der Waals surface area contributed by atoms with Crippen LogP contribution in [0.25, 0.3) is 0 Å². The maximum atomic E-state index is 12.5. The number of aromatic nitrogens is 1. The first-order chi connectivity index (χ1) is 9.61. The summed E-state index contributed by atoms with van der Waals surface area (Å²) in [5.74, 6) is -0.0727. The predicted octanol–water partition coefficient (Wildman–Crippen LogP) is 3.50. The van der Waals surface area contributed by atoms with E-state index in [1.807, 2.05) is 18.4 Å². The van der Waals surface area contributed by atoms with Gasteiger partial charge in [-0.1, -0.05) is 11.6 Å². The third kappa shape index (κ3) is 3.49. The van der Waals surface area contributed by atoms with Crippen molar-refractivity contribution >= 4 is 34.5 Å². The fourth-order valence-electron chi connectivity index (χ4n) is 1.87. The van der Waals surface area contributed by atoms with Crippen molar-refractivity contribution in [2.24, 2.45) is 0 Å². The van der Waals surface area contributed by atoms with Gasteiger partial charge < -0.3 is 10.2 Å². The second-order valence-electron chi connectivity index (χ2n) is 4.36. The van der Waals surface area contributed by atoms with Crippen molar-refractivity contribution in [1.29, 1.82) is 0 Å². The van der Waals surface area contributed by atoms with Crippen LogP contribution in [0.4, 0.5) is 5.69 Å². The molecule has 0 saturated heterocycles. The number of anilines is 1. The van der Waals surface area contributed by atoms with E-state index in [9.17, 15) is 4.79 Å². The van der Waals surface area contributed by atoms with Crippen LogP contribution in [-0.2, 0) is 6.54 Å². The van der Waals surface area contributed by atoms with Gasteiger partial charge in [0.1, 0.15) is 0 Å². The number of rotatable bonds is 5. The van der Waals surface area contributed by atoms with Crippen molar-refractivity contribution < 1.29 is 4.79 Å². The van der Waals surface area contributed by atoms with Gasteiger partial charge in [-0.25, -0.2) is 4.98 Å². The van der Waals surface area contributed by atoms with Crippen molar-refractivity contribution in [3.05, 3.63) is 45.4 Å². The lowest BCUT2D eigenvalue weighted by molar-refractivity contribution is 0.0784. The Kier molecular flexibility index (Phi) is 4.98. The number of carbonyl (C=O) groups excluding carboxylic acids is 1. The van der Waals surface area contributed by atoms with E-state index in [2.05, 4.69) is 10.3 Å². The van der Waals surface area contributed by atoms with E-state index < -0.39 is 0 Å². The van der Waals surface area contributed by atoms with Crippen LogP contribution in [0.1, 0.15) is 23.0 Å². The van der Waals surface area contributed by atoms with Crippen molar-refractivity contribution in [3.8, 4) is 0 Å². The molecule has 1 aromatic carbocycles. The second kappa shape index (κ2) is 6.72. The summed E-state index contributed by atoms with van der Waals surface area (Å²) in [6, 6.07) is 5.30. The molecule has 1 N–H and O–H groups in total. The highest BCUT2D eigenvalue weighted by atomic mass is 35.5. The van der Waals surface area contributed by atoms with Crippen LogP contribution >= 0.6 is 22.9 Å². The minimum absolute atomic E-state index is 0.0727. The van der Waals surface area contributed by atoms with Gasteiger partial charge in [-0.05, 0) is 25.1 Å². The molecule has 0 fully saturated rings. The van der Waals surface area contributed by atoms with Crippen LogP contribution in [-0.4, -0.2) is 29.4 Å². The number of nitrogens with zero attached hydrogens (tertiary/aromatic N) is 2. The summed E-state index contributed by atoms with van der Waals surface area (Å²) >= 11 is 7.52. The van der Waals surface area contributed by atoms with E-state index in [1.54, 1.807) is 29.6 Å². The predicted molar refractivity (Wildman–Crippen MR) is 83.5 cm³/mol. The van der Waals surface area contributed by atoms with Crippen LogP contribution < -0.4 is 5.32 Å². The standard InChI is InChI=1S/C14H16ClN3OS/c1-3-16-13-5-4-10(15)6-12(13)14(19)18(2)7-11-8-20-9-17-11/h4-6,8-9,16H,3,7H2,1-2H3. The molecule has 0 spiro atoms. The van der Waals surface area contributed by atoms with E-state index in [1.165, 1.54) is 11.3 Å². The number of halogens is 1. The number of benzene rings is 1. The Balaban J connectivity index is 2.21. The first-order valence-electron chi connectivity index (χ1n) is 6.27. The van der Waals surface area contributed by atoms with Crippen LogP contribution in [0.3, 0.4) is 0 Å². The number of carbonyl (C=O) groups is 1. The Labute approximate surface area is 127 Å². The lowest BCUT2D eigenvalue weighted by Crippen LogP contribution is -2.27. The summed E-state index contributed by atoms with van der Waals surface area (Å²) in [7, 11) is 1.76. The van der Waals surface area contributed by atoms with Crippen molar-refractivity contribution in [2.45, 2.75) is 13.5 Å². The van der Waals surface area contributed by atoms with Crippen LogP contribution in [0.2, 0.25) is 5.02 Å². The molecule has 0 aliphatic heterocycles. The third-order valence-corrected chi connectivity index (χ3v) is 3.68. The zero-order valence-electron chi connectivity index (χ0n) is 11.4. The van der Waals surface area contributed by atoms with Gasteiger partial charge in [-0.3, -0.25) is 4.79 Å². The molecular formula is C14H16ClN3OS. The molecule has 1 heterocycles. The summed E-state index contributed by atoms with van der Waals surface area (Å²) in [5, 5.41) is 5.67. The second-order valence-corrected chi connectivity index (χ2v) is 5.52. The quantitative estimate of drug-likeness (QED) is 0.919. The van der Waals surface area contributed by atoms with Gasteiger partial charge in [0.25, 0.3) is 5.91 Å². The zero-order chi connectivity index (χ0) is 14.5. The summed E-state index contributed by atoms with van der Waals surface area (Å²) in [6.07, 6.45) is 0. The summed E-state index contributed by atoms with van der Waals surface area (Å²) in [4.78, 5) is 18.4. The van der Waals surface area contributed by atoms with E-state index >= 15 is 0 Å². The molecule has 0 atom stereocenters. The maximum Gasteiger partial charge on any atom is 0.256 e. The van der Waals surface area contributed by atoms with E-state index in [4.69, 9.17) is 11.6 Å². The average molecular weight is 310 g/mol. The first-order valence-corrected chi connectivity index (χ1v) is 7.60. The van der Waals surface area contributed by atoms with Gasteiger partial charge in [0, 0.05) is 29.7 Å². The highest BCUT2D eigenvalue weighted by Gasteiger charge is 2.17. The van der Waals surface area contributed by atoms with Crippen LogP contribution in [0.5, 0.6) is 0 Å². The molecule has 20 heavy (non-hydrogen) atoms. The largest absolute Gasteiger partial charge is 0.385 e. The molecule has 1 amide bonds. The average Bonchev–Trinajstić information content (AvgIpc) is 2.93. The SMILES string of the molecule is CCNc1ccc(Cl)cc1C(=O)N(C)Cc1cscn1. The van der Waals surface area contributed by atoms with Gasteiger partial charge in [0.2, 0.25) is 0 Å². The minimum Gasteiger partial charge on any atom is -0.385 e. The molecule has 106 valence electrons. The zero-order valence-corrected chi connectivity index (χ0v) is 13.0. The van der Waals surface area contributed by atoms with Crippen LogP contribution in [0.15, 0.2) is 29.1 Å². The Hall–Kier alpha value is -1.59. The Morgan fingerprint density at radius 3 is 2.95 bits per heavy atom. The normalized spacial score (nSPS) is 10.3. The van der Waals surface area contributed by atoms with Gasteiger partial charge in [-0.15, -0.1) is 11.3 Å². The monoisotopic (exact) mass is 309 g/mol. The van der Waals surface area contributed by atoms with E-state index in [-0.39, 0.29) is 5.91 Å². The van der Waals surface area contributed by atoms with Gasteiger partial charge >= 0.3 is 0 Å². The maximum absolute atomic E-state index is 12.5. The summed E-state index contributed by atoms with van der Waals surface area (Å²) in [6.45, 7) is 3.22. The molecular weight excluding hydrogens is 294 g/mol. The van der Waals surface area contributed by atoms with Gasteiger partial charge in [0.15, 0.2) is 0 Å². The van der Waals surface area contributed by atoms with Crippen LogP contribution in [0, 0.1) is 0 Å². The number of hydrogen-bond acceptors (Lipinski definition) is 4. The van der Waals surface area contributed by atoms with Crippen molar-refractivity contribution in [2.75, 3.05) is 18.9 Å². The molecule has 4 nitrogen and oxygen atoms in total. The lowest BCUT2D eigenvalue weighted by atomic mass is 10.1. The first kappa shape index (κ1) is 14.8. The number of amides is 1. The molecule has 1 aromatic heterocycles. The van der Waals surface area contributed by atoms with Gasteiger partial charge in [0.05, 0.1) is 23.3 Å². The number of nitrogens with one attached hydrogen (secondary N) is 1. The molecule has 0 unspecified atom stereocenters. The molecule has 0 radical (unpaired) electrons. The minimum atomic E-state index is -0.0727. The van der Waals surface area contributed by atoms with Gasteiger partial charge in [-0.2, -0.15) is 0 Å². The van der Waals surface area contributed by atoms with E-state index in [0.717, 1.165) is 17.9 Å². The molecule has 6 heteroatoms. The fourth-order valence-corrected chi connectivity index (χ4v) is 2.60. The molecule has 0 saturated carbocycles. The molecule has 0 aliphatic rings. The fraction of sp³-hybridized carbons (Fsp3) is 0.286. The number of hydrogen-bond donors (Lipinski definition) is 1. The smallest absolute Gasteiger partial charge is 0.256 e. The Morgan fingerprint density at radius 2 is 2.30 bits per heavy atom. The van der Waals surface area contributed by atoms with Crippen molar-refractivity contribution in [1.82, 2.24) is 9.88 Å². The molecule has 0 aliphatic carbocycles. The summed E-state index contributed by atoms with van der Waals surface area (Å²) < 4.78 is 0. The molecule has 2 rings (SSSR count). The Bertz CT molecular complexity index is 586. The summed E-state index contributed by atoms with van der Waals surface area (Å²) in [5.41, 5.74) is 4.03. The van der Waals surface area contributed by atoms with E-state index in [0.29, 0.717) is 17.1 Å².